The topological polar surface area (TPSA) is 91.0 Å². The maximum Gasteiger partial charge on any atom is 0.254 e. The summed E-state index contributed by atoms with van der Waals surface area (Å²) < 4.78 is 0. The van der Waals surface area contributed by atoms with E-state index in [4.69, 9.17) is 0 Å². The molecule has 0 saturated carbocycles. The predicted molar refractivity (Wildman–Crippen MR) is 95.5 cm³/mol. The van der Waals surface area contributed by atoms with Gasteiger partial charge in [-0.05, 0) is 17.2 Å². The van der Waals surface area contributed by atoms with E-state index in [1.807, 2.05) is 42.5 Å². The molecule has 1 aromatic heterocycles. The number of nitrogens with zero attached hydrogens (tertiary/aromatic N) is 3. The van der Waals surface area contributed by atoms with E-state index in [1.54, 1.807) is 24.1 Å². The second-order valence-electron chi connectivity index (χ2n) is 6.16. The van der Waals surface area contributed by atoms with E-state index < -0.39 is 12.0 Å². The van der Waals surface area contributed by atoms with Crippen LogP contribution in [0.25, 0.3) is 0 Å². The van der Waals surface area contributed by atoms with Gasteiger partial charge in [-0.1, -0.05) is 48.5 Å². The molecular formula is C19H17N5O2. The minimum absolute atomic E-state index is 0.0989. The van der Waals surface area contributed by atoms with Crippen molar-refractivity contribution in [3.63, 3.8) is 0 Å². The molecule has 0 aliphatic carbocycles. The van der Waals surface area contributed by atoms with Gasteiger partial charge in [-0.15, -0.1) is 0 Å². The molecular weight excluding hydrogens is 330 g/mol. The van der Waals surface area contributed by atoms with Crippen LogP contribution in [-0.2, 0) is 4.79 Å². The van der Waals surface area contributed by atoms with Crippen molar-refractivity contribution in [2.24, 2.45) is 0 Å². The summed E-state index contributed by atoms with van der Waals surface area (Å²) in [6.45, 7) is 0. The smallest absolute Gasteiger partial charge is 0.254 e. The molecule has 0 saturated heterocycles. The van der Waals surface area contributed by atoms with Gasteiger partial charge >= 0.3 is 0 Å². The second-order valence-corrected chi connectivity index (χ2v) is 6.16. The zero-order valence-electron chi connectivity index (χ0n) is 14.1. The Morgan fingerprint density at radius 1 is 1.12 bits per heavy atom. The van der Waals surface area contributed by atoms with Gasteiger partial charge in [0.15, 0.2) is 0 Å². The summed E-state index contributed by atoms with van der Waals surface area (Å²) in [6, 6.07) is 16.4. The standard InChI is InChI=1S/C19H17N5O2/c1-24-16(12-7-3-2-4-8-12)15(17(25)22-19-20-11-21-23-19)13-9-5-6-10-14(13)18(24)26/h2-11,15-16H,1H3,(H2,20,21,22,23,25)/t15-,16-/m0/s1. The van der Waals surface area contributed by atoms with E-state index in [1.165, 1.54) is 6.33 Å². The highest BCUT2D eigenvalue weighted by atomic mass is 16.2. The lowest BCUT2D eigenvalue weighted by atomic mass is 9.79. The first-order valence-electron chi connectivity index (χ1n) is 8.24. The average Bonchev–Trinajstić information content (AvgIpc) is 3.18. The van der Waals surface area contributed by atoms with Crippen molar-refractivity contribution in [1.29, 1.82) is 0 Å². The molecule has 2 N–H and O–H groups in total. The Balaban J connectivity index is 1.83. The van der Waals surface area contributed by atoms with E-state index in [0.717, 1.165) is 5.56 Å². The van der Waals surface area contributed by atoms with E-state index in [0.29, 0.717) is 11.1 Å². The molecule has 2 atom stereocenters. The minimum atomic E-state index is -0.568. The maximum atomic E-state index is 13.1. The highest BCUT2D eigenvalue weighted by molar-refractivity contribution is 6.03. The van der Waals surface area contributed by atoms with Gasteiger partial charge in [-0.25, -0.2) is 5.10 Å². The van der Waals surface area contributed by atoms with Crippen LogP contribution in [0.2, 0.25) is 0 Å². The molecule has 130 valence electrons. The van der Waals surface area contributed by atoms with Crippen molar-refractivity contribution in [2.75, 3.05) is 12.4 Å². The number of H-pyrrole nitrogens is 1. The van der Waals surface area contributed by atoms with Gasteiger partial charge in [-0.2, -0.15) is 10.1 Å². The molecule has 4 rings (SSSR count). The van der Waals surface area contributed by atoms with Gasteiger partial charge in [0.05, 0.1) is 12.0 Å². The van der Waals surface area contributed by atoms with E-state index in [2.05, 4.69) is 20.5 Å². The number of aromatic nitrogens is 3. The summed E-state index contributed by atoms with van der Waals surface area (Å²) in [4.78, 5) is 31.6. The Morgan fingerprint density at radius 3 is 2.58 bits per heavy atom. The van der Waals surface area contributed by atoms with Crippen LogP contribution < -0.4 is 5.32 Å². The van der Waals surface area contributed by atoms with Crippen LogP contribution >= 0.6 is 0 Å². The lowest BCUT2D eigenvalue weighted by Crippen LogP contribution is -2.44. The Hall–Kier alpha value is -3.48. The number of carbonyl (C=O) groups is 2. The first-order valence-corrected chi connectivity index (χ1v) is 8.24. The number of aromatic amines is 1. The van der Waals surface area contributed by atoms with Gasteiger partial charge in [-0.3, -0.25) is 14.9 Å². The van der Waals surface area contributed by atoms with Crippen molar-refractivity contribution in [2.45, 2.75) is 12.0 Å². The Morgan fingerprint density at radius 2 is 1.85 bits per heavy atom. The Kier molecular flexibility index (Phi) is 3.96. The Labute approximate surface area is 150 Å². The first kappa shape index (κ1) is 16.0. The summed E-state index contributed by atoms with van der Waals surface area (Å²) in [5.74, 6) is -0.638. The molecule has 1 aliphatic rings. The number of nitrogens with one attached hydrogen (secondary N) is 2. The van der Waals surface area contributed by atoms with Gasteiger partial charge in [0.1, 0.15) is 6.33 Å². The molecule has 0 spiro atoms. The quantitative estimate of drug-likeness (QED) is 0.761. The predicted octanol–water partition coefficient (Wildman–Crippen LogP) is 2.35. The molecule has 7 heteroatoms. The summed E-state index contributed by atoms with van der Waals surface area (Å²) >= 11 is 0. The van der Waals surface area contributed by atoms with Gasteiger partial charge in [0.2, 0.25) is 11.9 Å². The third-order valence-corrected chi connectivity index (χ3v) is 4.66. The van der Waals surface area contributed by atoms with Gasteiger partial charge in [0.25, 0.3) is 5.91 Å². The van der Waals surface area contributed by atoms with Crippen LogP contribution in [0.4, 0.5) is 5.95 Å². The monoisotopic (exact) mass is 347 g/mol. The number of rotatable bonds is 3. The summed E-state index contributed by atoms with van der Waals surface area (Å²) in [5.41, 5.74) is 2.15. The van der Waals surface area contributed by atoms with E-state index in [9.17, 15) is 9.59 Å². The van der Waals surface area contributed by atoms with Crippen molar-refractivity contribution >= 4 is 17.8 Å². The number of anilines is 1. The number of likely N-dealkylation sites (N-methyl/N-ethyl adjacent to an activating group) is 1. The maximum absolute atomic E-state index is 13.1. The van der Waals surface area contributed by atoms with Gasteiger partial charge < -0.3 is 4.90 Å². The number of hydrogen-bond acceptors (Lipinski definition) is 4. The van der Waals surface area contributed by atoms with E-state index >= 15 is 0 Å². The number of hydrogen-bond donors (Lipinski definition) is 2. The molecule has 2 amide bonds. The van der Waals surface area contributed by atoms with Crippen molar-refractivity contribution < 1.29 is 9.59 Å². The molecule has 0 radical (unpaired) electrons. The van der Waals surface area contributed by atoms with Crippen LogP contribution in [0.3, 0.4) is 0 Å². The highest BCUT2D eigenvalue weighted by Gasteiger charge is 2.42. The van der Waals surface area contributed by atoms with Crippen LogP contribution in [0, 0.1) is 0 Å². The summed E-state index contributed by atoms with van der Waals surface area (Å²) in [5, 5.41) is 9.15. The molecule has 2 aromatic carbocycles. The van der Waals surface area contributed by atoms with Crippen molar-refractivity contribution in [3.8, 4) is 0 Å². The largest absolute Gasteiger partial charge is 0.334 e. The van der Waals surface area contributed by atoms with Crippen LogP contribution in [0.15, 0.2) is 60.9 Å². The first-order chi connectivity index (χ1) is 12.7. The molecule has 26 heavy (non-hydrogen) atoms. The van der Waals surface area contributed by atoms with Gasteiger partial charge in [0, 0.05) is 12.6 Å². The zero-order chi connectivity index (χ0) is 18.1. The fourth-order valence-corrected chi connectivity index (χ4v) is 3.48. The third-order valence-electron chi connectivity index (χ3n) is 4.66. The SMILES string of the molecule is CN1C(=O)c2ccccc2[C@H](C(=O)Nc2ncn[nH]2)[C@@H]1c1ccccc1. The summed E-state index contributed by atoms with van der Waals surface area (Å²) in [6.07, 6.45) is 1.33. The lowest BCUT2D eigenvalue weighted by molar-refractivity contribution is -0.119. The van der Waals surface area contributed by atoms with Crippen LogP contribution in [0.5, 0.6) is 0 Å². The fourth-order valence-electron chi connectivity index (χ4n) is 3.48. The molecule has 0 fully saturated rings. The minimum Gasteiger partial charge on any atom is -0.334 e. The lowest BCUT2D eigenvalue weighted by Gasteiger charge is -2.39. The third kappa shape index (κ3) is 2.63. The summed E-state index contributed by atoms with van der Waals surface area (Å²) in [7, 11) is 1.73. The number of carbonyl (C=O) groups excluding carboxylic acids is 2. The number of benzene rings is 2. The van der Waals surface area contributed by atoms with E-state index in [-0.39, 0.29) is 17.8 Å². The molecule has 0 unspecified atom stereocenters. The zero-order valence-corrected chi connectivity index (χ0v) is 14.1. The number of amides is 2. The second kappa shape index (κ2) is 6.44. The molecule has 7 nitrogen and oxygen atoms in total. The Bertz CT molecular complexity index is 940. The molecule has 3 aromatic rings. The normalized spacial score (nSPS) is 19.1. The fraction of sp³-hybridized carbons (Fsp3) is 0.158. The highest BCUT2D eigenvalue weighted by Crippen LogP contribution is 2.42. The molecule has 1 aliphatic heterocycles. The average molecular weight is 347 g/mol. The van der Waals surface area contributed by atoms with Crippen LogP contribution in [0.1, 0.15) is 33.4 Å². The number of fused-ring (bicyclic) bond motifs is 1. The van der Waals surface area contributed by atoms with Crippen molar-refractivity contribution in [1.82, 2.24) is 20.1 Å². The molecule has 2 heterocycles. The molecule has 0 bridgehead atoms. The van der Waals surface area contributed by atoms with Crippen LogP contribution in [-0.4, -0.2) is 38.9 Å². The van der Waals surface area contributed by atoms with Crippen molar-refractivity contribution in [3.05, 3.63) is 77.6 Å².